The zero-order valence-electron chi connectivity index (χ0n) is 15.4. The number of carbonyl (C=O) groups is 2. The van der Waals surface area contributed by atoms with Crippen molar-refractivity contribution >= 4 is 11.8 Å². The standard InChI is InChI=1S/C22H25N3O2/c26-20-16-23-15-19(24-20)21(27)25-13-11-22(12-14-25,17-7-3-1-4-8-17)18-9-5-2-6-10-18/h1-10,19,23H,11-16H2,(H,24,26)/t19-/m0/s1. The Morgan fingerprint density at radius 2 is 1.48 bits per heavy atom. The van der Waals surface area contributed by atoms with Gasteiger partial charge in [-0.15, -0.1) is 0 Å². The van der Waals surface area contributed by atoms with Crippen LogP contribution >= 0.6 is 0 Å². The number of nitrogens with zero attached hydrogens (tertiary/aromatic N) is 1. The van der Waals surface area contributed by atoms with Crippen LogP contribution in [0.15, 0.2) is 60.7 Å². The number of rotatable bonds is 3. The molecule has 2 aromatic rings. The van der Waals surface area contributed by atoms with Crippen LogP contribution in [0.25, 0.3) is 0 Å². The Bertz CT molecular complexity index is 757. The molecule has 2 fully saturated rings. The van der Waals surface area contributed by atoms with Gasteiger partial charge in [-0.2, -0.15) is 0 Å². The topological polar surface area (TPSA) is 61.4 Å². The number of piperazine rings is 1. The maximum Gasteiger partial charge on any atom is 0.246 e. The van der Waals surface area contributed by atoms with Crippen molar-refractivity contribution < 1.29 is 9.59 Å². The number of nitrogens with one attached hydrogen (secondary N) is 2. The summed E-state index contributed by atoms with van der Waals surface area (Å²) in [6, 6.07) is 20.7. The van der Waals surface area contributed by atoms with E-state index in [-0.39, 0.29) is 23.8 Å². The zero-order valence-corrected chi connectivity index (χ0v) is 15.4. The molecule has 0 unspecified atom stereocenters. The van der Waals surface area contributed by atoms with E-state index in [1.807, 2.05) is 17.0 Å². The van der Waals surface area contributed by atoms with Crippen molar-refractivity contribution in [2.24, 2.45) is 0 Å². The van der Waals surface area contributed by atoms with Crippen LogP contribution < -0.4 is 10.6 Å². The number of amides is 2. The number of hydrogen-bond donors (Lipinski definition) is 2. The monoisotopic (exact) mass is 363 g/mol. The first-order valence-electron chi connectivity index (χ1n) is 9.59. The number of hydrogen-bond acceptors (Lipinski definition) is 3. The average molecular weight is 363 g/mol. The molecule has 27 heavy (non-hydrogen) atoms. The Morgan fingerprint density at radius 3 is 2.00 bits per heavy atom. The molecule has 0 bridgehead atoms. The summed E-state index contributed by atoms with van der Waals surface area (Å²) in [5, 5.41) is 5.82. The van der Waals surface area contributed by atoms with Gasteiger partial charge in [0.2, 0.25) is 11.8 Å². The molecule has 0 aromatic heterocycles. The van der Waals surface area contributed by atoms with Crippen LogP contribution in [0.5, 0.6) is 0 Å². The number of likely N-dealkylation sites (tertiary alicyclic amines) is 1. The molecule has 4 rings (SSSR count). The van der Waals surface area contributed by atoms with Crippen LogP contribution in [0.4, 0.5) is 0 Å². The summed E-state index contributed by atoms with van der Waals surface area (Å²) >= 11 is 0. The summed E-state index contributed by atoms with van der Waals surface area (Å²) in [4.78, 5) is 26.3. The highest BCUT2D eigenvalue weighted by atomic mass is 16.2. The van der Waals surface area contributed by atoms with Gasteiger partial charge in [0.1, 0.15) is 6.04 Å². The SMILES string of the molecule is O=C1CNC[C@@H](C(=O)N2CCC(c3ccccc3)(c3ccccc3)CC2)N1. The van der Waals surface area contributed by atoms with Crippen LogP contribution in [-0.2, 0) is 15.0 Å². The average Bonchev–Trinajstić information content (AvgIpc) is 2.74. The second-order valence-corrected chi connectivity index (χ2v) is 7.39. The fourth-order valence-electron chi connectivity index (χ4n) is 4.36. The van der Waals surface area contributed by atoms with E-state index in [0.717, 1.165) is 12.8 Å². The quantitative estimate of drug-likeness (QED) is 0.872. The minimum Gasteiger partial charge on any atom is -0.342 e. The van der Waals surface area contributed by atoms with Crippen molar-refractivity contribution in [3.63, 3.8) is 0 Å². The van der Waals surface area contributed by atoms with Gasteiger partial charge in [-0.25, -0.2) is 0 Å². The van der Waals surface area contributed by atoms with E-state index in [1.54, 1.807) is 0 Å². The smallest absolute Gasteiger partial charge is 0.246 e. The maximum atomic E-state index is 12.9. The van der Waals surface area contributed by atoms with Gasteiger partial charge in [0.25, 0.3) is 0 Å². The van der Waals surface area contributed by atoms with Crippen LogP contribution in [0.2, 0.25) is 0 Å². The summed E-state index contributed by atoms with van der Waals surface area (Å²) in [5.41, 5.74) is 2.53. The Balaban J connectivity index is 1.55. The second-order valence-electron chi connectivity index (χ2n) is 7.39. The van der Waals surface area contributed by atoms with Gasteiger partial charge in [-0.3, -0.25) is 9.59 Å². The van der Waals surface area contributed by atoms with E-state index in [2.05, 4.69) is 59.2 Å². The highest BCUT2D eigenvalue weighted by Gasteiger charge is 2.40. The normalized spacial score (nSPS) is 22.1. The summed E-state index contributed by atoms with van der Waals surface area (Å²) in [6.07, 6.45) is 1.75. The van der Waals surface area contributed by atoms with Gasteiger partial charge < -0.3 is 15.5 Å². The van der Waals surface area contributed by atoms with Crippen molar-refractivity contribution in [2.75, 3.05) is 26.2 Å². The van der Waals surface area contributed by atoms with E-state index in [9.17, 15) is 9.59 Å². The van der Waals surface area contributed by atoms with E-state index in [1.165, 1.54) is 11.1 Å². The molecule has 0 radical (unpaired) electrons. The molecule has 0 aliphatic carbocycles. The van der Waals surface area contributed by atoms with E-state index in [0.29, 0.717) is 19.6 Å². The molecule has 2 aliphatic heterocycles. The minimum atomic E-state index is -0.452. The van der Waals surface area contributed by atoms with Gasteiger partial charge in [-0.1, -0.05) is 60.7 Å². The molecule has 2 N–H and O–H groups in total. The second kappa shape index (κ2) is 7.53. The number of benzene rings is 2. The first kappa shape index (κ1) is 17.7. The molecular formula is C22H25N3O2. The van der Waals surface area contributed by atoms with Gasteiger partial charge in [0.15, 0.2) is 0 Å². The van der Waals surface area contributed by atoms with Crippen molar-refractivity contribution in [3.8, 4) is 0 Å². The van der Waals surface area contributed by atoms with E-state index < -0.39 is 6.04 Å². The lowest BCUT2D eigenvalue weighted by atomic mass is 9.68. The number of carbonyl (C=O) groups excluding carboxylic acids is 2. The third-order valence-corrected chi connectivity index (χ3v) is 5.85. The first-order chi connectivity index (χ1) is 13.2. The third-order valence-electron chi connectivity index (χ3n) is 5.85. The lowest BCUT2D eigenvalue weighted by Gasteiger charge is -2.44. The Morgan fingerprint density at radius 1 is 0.926 bits per heavy atom. The highest BCUT2D eigenvalue weighted by molar-refractivity contribution is 5.89. The molecule has 5 nitrogen and oxygen atoms in total. The molecule has 2 amide bonds. The van der Waals surface area contributed by atoms with Crippen LogP contribution in [-0.4, -0.2) is 48.9 Å². The summed E-state index contributed by atoms with van der Waals surface area (Å²) in [6.45, 7) is 2.17. The van der Waals surface area contributed by atoms with Crippen LogP contribution in [0, 0.1) is 0 Å². The fourth-order valence-corrected chi connectivity index (χ4v) is 4.36. The first-order valence-corrected chi connectivity index (χ1v) is 9.59. The minimum absolute atomic E-state index is 0.0188. The summed E-state index contributed by atoms with van der Waals surface area (Å²) < 4.78 is 0. The Hall–Kier alpha value is -2.66. The van der Waals surface area contributed by atoms with Crippen molar-refractivity contribution in [1.82, 2.24) is 15.5 Å². The molecule has 140 valence electrons. The van der Waals surface area contributed by atoms with Crippen molar-refractivity contribution in [3.05, 3.63) is 71.8 Å². The summed E-state index contributed by atoms with van der Waals surface area (Å²) in [7, 11) is 0. The van der Waals surface area contributed by atoms with E-state index >= 15 is 0 Å². The third kappa shape index (κ3) is 3.47. The molecule has 0 spiro atoms. The molecule has 2 heterocycles. The molecule has 5 heteroatoms. The predicted molar refractivity (Wildman–Crippen MR) is 104 cm³/mol. The van der Waals surface area contributed by atoms with E-state index in [4.69, 9.17) is 0 Å². The van der Waals surface area contributed by atoms with Crippen LogP contribution in [0.3, 0.4) is 0 Å². The van der Waals surface area contributed by atoms with Gasteiger partial charge in [-0.05, 0) is 24.0 Å². The molecule has 1 atom stereocenters. The number of piperidine rings is 1. The molecule has 0 saturated carbocycles. The Kier molecular flexibility index (Phi) is 4.94. The molecule has 2 aliphatic rings. The highest BCUT2D eigenvalue weighted by Crippen LogP contribution is 2.41. The molecule has 2 aromatic carbocycles. The van der Waals surface area contributed by atoms with Crippen LogP contribution in [0.1, 0.15) is 24.0 Å². The van der Waals surface area contributed by atoms with Crippen molar-refractivity contribution in [1.29, 1.82) is 0 Å². The predicted octanol–water partition coefficient (Wildman–Crippen LogP) is 1.68. The van der Waals surface area contributed by atoms with Gasteiger partial charge in [0.05, 0.1) is 6.54 Å². The maximum absolute atomic E-state index is 12.9. The largest absolute Gasteiger partial charge is 0.342 e. The van der Waals surface area contributed by atoms with Gasteiger partial charge >= 0.3 is 0 Å². The lowest BCUT2D eigenvalue weighted by molar-refractivity contribution is -0.138. The van der Waals surface area contributed by atoms with Crippen molar-refractivity contribution in [2.45, 2.75) is 24.3 Å². The Labute approximate surface area is 159 Å². The molecular weight excluding hydrogens is 338 g/mol. The molecule has 2 saturated heterocycles. The lowest BCUT2D eigenvalue weighted by Crippen LogP contribution is -2.60. The van der Waals surface area contributed by atoms with Gasteiger partial charge in [0, 0.05) is 25.0 Å². The fraction of sp³-hybridized carbons (Fsp3) is 0.364. The zero-order chi connectivity index (χ0) is 18.7. The summed E-state index contributed by atoms with van der Waals surface area (Å²) in [5.74, 6) is -0.0928.